The Kier molecular flexibility index (Phi) is 5.55. The van der Waals surface area contributed by atoms with Gasteiger partial charge in [0.15, 0.2) is 5.82 Å². The second-order valence-electron chi connectivity index (χ2n) is 6.56. The van der Waals surface area contributed by atoms with E-state index in [4.69, 9.17) is 9.72 Å². The first-order valence-corrected chi connectivity index (χ1v) is 9.30. The van der Waals surface area contributed by atoms with E-state index in [1.165, 1.54) is 5.56 Å². The summed E-state index contributed by atoms with van der Waals surface area (Å²) in [5, 5.41) is 11.6. The molecule has 1 aliphatic rings. The van der Waals surface area contributed by atoms with Gasteiger partial charge < -0.3 is 15.0 Å². The highest BCUT2D eigenvalue weighted by Gasteiger charge is 2.17. The van der Waals surface area contributed by atoms with Crippen molar-refractivity contribution < 1.29 is 4.74 Å². The molecule has 0 saturated carbocycles. The summed E-state index contributed by atoms with van der Waals surface area (Å²) in [7, 11) is 0. The van der Waals surface area contributed by atoms with Crippen LogP contribution >= 0.6 is 0 Å². The van der Waals surface area contributed by atoms with Crippen LogP contribution in [0.2, 0.25) is 0 Å². The molecule has 1 unspecified atom stereocenters. The molecule has 6 heteroatoms. The lowest BCUT2D eigenvalue weighted by atomic mass is 10.2. The van der Waals surface area contributed by atoms with Crippen molar-refractivity contribution in [1.82, 2.24) is 15.2 Å². The Labute approximate surface area is 159 Å². The smallest absolute Gasteiger partial charge is 0.244 e. The van der Waals surface area contributed by atoms with E-state index in [1.54, 1.807) is 6.20 Å². The number of aromatic nitrogens is 3. The van der Waals surface area contributed by atoms with Crippen molar-refractivity contribution in [2.75, 3.05) is 23.4 Å². The predicted octanol–water partition coefficient (Wildman–Crippen LogP) is 3.80. The van der Waals surface area contributed by atoms with Crippen LogP contribution in [0, 0.1) is 0 Å². The third kappa shape index (κ3) is 4.60. The van der Waals surface area contributed by atoms with Gasteiger partial charge in [0.05, 0.1) is 12.3 Å². The van der Waals surface area contributed by atoms with Crippen LogP contribution in [0.25, 0.3) is 0 Å². The molecule has 1 aliphatic heterocycles. The lowest BCUT2D eigenvalue weighted by Gasteiger charge is -2.24. The molecule has 4 rings (SSSR count). The van der Waals surface area contributed by atoms with Gasteiger partial charge in [-0.1, -0.05) is 48.5 Å². The summed E-state index contributed by atoms with van der Waals surface area (Å²) in [6, 6.07) is 20.6. The van der Waals surface area contributed by atoms with E-state index in [9.17, 15) is 0 Å². The van der Waals surface area contributed by atoms with Crippen LogP contribution < -0.4 is 10.2 Å². The van der Waals surface area contributed by atoms with Crippen LogP contribution in [0.15, 0.2) is 66.9 Å². The zero-order valence-electron chi connectivity index (χ0n) is 15.2. The van der Waals surface area contributed by atoms with Gasteiger partial charge in [-0.3, -0.25) is 0 Å². The maximum atomic E-state index is 5.65. The van der Waals surface area contributed by atoms with Crippen LogP contribution in [-0.4, -0.2) is 34.4 Å². The number of hydrogen-bond donors (Lipinski definition) is 1. The van der Waals surface area contributed by atoms with Crippen molar-refractivity contribution >= 4 is 17.5 Å². The molecule has 138 valence electrons. The van der Waals surface area contributed by atoms with Gasteiger partial charge in [-0.15, -0.1) is 5.10 Å². The second-order valence-corrected chi connectivity index (χ2v) is 6.56. The fourth-order valence-electron chi connectivity index (χ4n) is 3.19. The molecule has 3 aromatic rings. The summed E-state index contributed by atoms with van der Waals surface area (Å²) >= 11 is 0. The van der Waals surface area contributed by atoms with E-state index in [-0.39, 0.29) is 6.10 Å². The van der Waals surface area contributed by atoms with Crippen molar-refractivity contribution in [3.8, 4) is 0 Å². The van der Waals surface area contributed by atoms with Gasteiger partial charge in [-0.05, 0) is 30.5 Å². The molecule has 1 saturated heterocycles. The molecular weight excluding hydrogens is 338 g/mol. The minimum atomic E-state index is 0.229. The van der Waals surface area contributed by atoms with Gasteiger partial charge in [0, 0.05) is 25.4 Å². The topological polar surface area (TPSA) is 63.2 Å². The molecule has 27 heavy (non-hydrogen) atoms. The zero-order chi connectivity index (χ0) is 18.3. The number of hydrogen-bond acceptors (Lipinski definition) is 6. The van der Waals surface area contributed by atoms with Gasteiger partial charge in [-0.25, -0.2) is 0 Å². The number of benzene rings is 2. The van der Waals surface area contributed by atoms with Gasteiger partial charge in [0.1, 0.15) is 0 Å². The van der Waals surface area contributed by atoms with Crippen LogP contribution in [0.5, 0.6) is 0 Å². The molecule has 1 fully saturated rings. The second kappa shape index (κ2) is 8.60. The lowest BCUT2D eigenvalue weighted by molar-refractivity contribution is 0.120. The fraction of sp³-hybridized carbons (Fsp3) is 0.286. The van der Waals surface area contributed by atoms with E-state index in [1.807, 2.05) is 36.4 Å². The third-order valence-electron chi connectivity index (χ3n) is 4.59. The Balaban J connectivity index is 1.56. The first-order chi connectivity index (χ1) is 13.4. The van der Waals surface area contributed by atoms with E-state index in [2.05, 4.69) is 44.7 Å². The number of para-hydroxylation sites is 1. The molecule has 0 bridgehead atoms. The van der Waals surface area contributed by atoms with Crippen molar-refractivity contribution in [2.24, 2.45) is 0 Å². The first-order valence-electron chi connectivity index (χ1n) is 9.30. The molecular formula is C21H23N5O. The van der Waals surface area contributed by atoms with Gasteiger partial charge in [-0.2, -0.15) is 10.1 Å². The maximum absolute atomic E-state index is 5.65. The number of anilines is 3. The van der Waals surface area contributed by atoms with Crippen LogP contribution in [0.4, 0.5) is 17.5 Å². The molecule has 1 aromatic heterocycles. The van der Waals surface area contributed by atoms with Crippen molar-refractivity contribution in [1.29, 1.82) is 0 Å². The number of nitrogens with zero attached hydrogens (tertiary/aromatic N) is 4. The Morgan fingerprint density at radius 1 is 1.04 bits per heavy atom. The standard InChI is InChI=1S/C21H23N5O/c1-3-8-17(9-4-1)16-26(18-10-5-2-6-11-18)20-15-23-25-21(24-20)22-14-19-12-7-13-27-19/h1-6,8-11,15,19H,7,12-14,16H2,(H,22,24,25). The first kappa shape index (κ1) is 17.4. The molecule has 0 spiro atoms. The minimum absolute atomic E-state index is 0.229. The summed E-state index contributed by atoms with van der Waals surface area (Å²) in [5.74, 6) is 1.28. The Hall–Kier alpha value is -2.99. The van der Waals surface area contributed by atoms with Crippen LogP contribution in [0.3, 0.4) is 0 Å². The molecule has 2 heterocycles. The predicted molar refractivity (Wildman–Crippen MR) is 106 cm³/mol. The van der Waals surface area contributed by atoms with E-state index in [0.717, 1.165) is 31.0 Å². The summed E-state index contributed by atoms with van der Waals surface area (Å²) in [4.78, 5) is 6.83. The maximum Gasteiger partial charge on any atom is 0.244 e. The van der Waals surface area contributed by atoms with E-state index >= 15 is 0 Å². The van der Waals surface area contributed by atoms with Crippen molar-refractivity contribution in [3.63, 3.8) is 0 Å². The fourth-order valence-corrected chi connectivity index (χ4v) is 3.19. The average molecular weight is 361 g/mol. The Morgan fingerprint density at radius 3 is 2.56 bits per heavy atom. The molecule has 1 atom stereocenters. The lowest BCUT2D eigenvalue weighted by Crippen LogP contribution is -2.22. The van der Waals surface area contributed by atoms with Crippen LogP contribution in [0.1, 0.15) is 18.4 Å². The molecule has 1 N–H and O–H groups in total. The molecule has 0 aliphatic carbocycles. The highest BCUT2D eigenvalue weighted by atomic mass is 16.5. The minimum Gasteiger partial charge on any atom is -0.376 e. The SMILES string of the molecule is c1ccc(CN(c2ccccc2)c2cnnc(NCC3CCCO3)n2)cc1. The van der Waals surface area contributed by atoms with Crippen molar-refractivity contribution in [3.05, 3.63) is 72.4 Å². The number of rotatable bonds is 7. The monoisotopic (exact) mass is 361 g/mol. The highest BCUT2D eigenvalue weighted by molar-refractivity contribution is 5.60. The quantitative estimate of drug-likeness (QED) is 0.691. The van der Waals surface area contributed by atoms with Crippen LogP contribution in [-0.2, 0) is 11.3 Å². The normalized spacial score (nSPS) is 16.2. The number of ether oxygens (including phenoxy) is 1. The largest absolute Gasteiger partial charge is 0.376 e. The highest BCUT2D eigenvalue weighted by Crippen LogP contribution is 2.25. The number of nitrogens with one attached hydrogen (secondary N) is 1. The third-order valence-corrected chi connectivity index (χ3v) is 4.59. The van der Waals surface area contributed by atoms with E-state index < -0.39 is 0 Å². The molecule has 0 amide bonds. The summed E-state index contributed by atoms with van der Waals surface area (Å²) in [6.45, 7) is 2.24. The van der Waals surface area contributed by atoms with Crippen molar-refractivity contribution in [2.45, 2.75) is 25.5 Å². The molecule has 6 nitrogen and oxygen atoms in total. The molecule has 2 aromatic carbocycles. The van der Waals surface area contributed by atoms with Gasteiger partial charge in [0.2, 0.25) is 5.95 Å². The summed E-state index contributed by atoms with van der Waals surface area (Å²) in [6.07, 6.45) is 4.12. The average Bonchev–Trinajstić information content (AvgIpc) is 3.26. The Bertz CT molecular complexity index is 837. The molecule has 0 radical (unpaired) electrons. The van der Waals surface area contributed by atoms with Gasteiger partial charge >= 0.3 is 0 Å². The Morgan fingerprint density at radius 2 is 1.81 bits per heavy atom. The van der Waals surface area contributed by atoms with Gasteiger partial charge in [0.25, 0.3) is 0 Å². The van der Waals surface area contributed by atoms with E-state index in [0.29, 0.717) is 19.0 Å². The summed E-state index contributed by atoms with van der Waals surface area (Å²) in [5.41, 5.74) is 2.26. The zero-order valence-corrected chi connectivity index (χ0v) is 15.2. The summed E-state index contributed by atoms with van der Waals surface area (Å²) < 4.78 is 5.65.